The van der Waals surface area contributed by atoms with Crippen molar-refractivity contribution in [2.45, 2.75) is 12.8 Å². The Morgan fingerprint density at radius 1 is 1.14 bits per heavy atom. The van der Waals surface area contributed by atoms with Gasteiger partial charge in [-0.05, 0) is 24.6 Å². The predicted octanol–water partition coefficient (Wildman–Crippen LogP) is 3.37. The molecule has 4 heteroatoms. The molecule has 3 rings (SSSR count). The van der Waals surface area contributed by atoms with Gasteiger partial charge >= 0.3 is 0 Å². The molecular weight excluding hydrogens is 284 g/mol. The average Bonchev–Trinajstić information content (AvgIpc) is 2.93. The van der Waals surface area contributed by atoms with E-state index in [1.54, 1.807) is 12.1 Å². The highest BCUT2D eigenvalue weighted by molar-refractivity contribution is 6.31. The normalized spacial score (nSPS) is 14.5. The van der Waals surface area contributed by atoms with Gasteiger partial charge in [-0.15, -0.1) is 0 Å². The highest BCUT2D eigenvalue weighted by Crippen LogP contribution is 2.27. The monoisotopic (exact) mass is 299 g/mol. The molecule has 0 atom stereocenters. The molecule has 1 aliphatic heterocycles. The number of nitrogens with zero attached hydrogens (tertiary/aromatic N) is 1. The number of amidine groups is 1. The molecule has 0 saturated carbocycles. The van der Waals surface area contributed by atoms with Gasteiger partial charge in [-0.25, -0.2) is 4.58 Å². The molecule has 3 nitrogen and oxygen atoms in total. The van der Waals surface area contributed by atoms with Crippen molar-refractivity contribution >= 4 is 28.9 Å². The zero-order valence-corrected chi connectivity index (χ0v) is 12.3. The molecule has 0 radical (unpaired) electrons. The first-order valence-corrected chi connectivity index (χ1v) is 7.33. The lowest BCUT2D eigenvalue weighted by atomic mass is 10.0. The summed E-state index contributed by atoms with van der Waals surface area (Å²) >= 11 is 6.08. The van der Waals surface area contributed by atoms with E-state index in [4.69, 9.17) is 17.3 Å². The third-order valence-electron chi connectivity index (χ3n) is 3.69. The van der Waals surface area contributed by atoms with E-state index in [2.05, 4.69) is 0 Å². The number of hydrogen-bond acceptors (Lipinski definition) is 2. The second kappa shape index (κ2) is 5.70. The standard InChI is InChI=1S/C17H15ClN2O/c18-13-8-9-15(20-10-4-7-16(20)19)14(11-13)17(21)12-5-2-1-3-6-12/h1-3,5-6,8-9,11,19H,4,7,10H2/p+1. The number of carbonyl (C=O) groups excluding carboxylic acids is 1. The van der Waals surface area contributed by atoms with Crippen LogP contribution in [0.2, 0.25) is 5.02 Å². The van der Waals surface area contributed by atoms with E-state index in [-0.39, 0.29) is 5.78 Å². The summed E-state index contributed by atoms with van der Waals surface area (Å²) in [6, 6.07) is 14.6. The van der Waals surface area contributed by atoms with Crippen molar-refractivity contribution in [1.82, 2.24) is 0 Å². The minimum absolute atomic E-state index is 0.0344. The number of nitrogens with two attached hydrogens (primary N) is 1. The summed E-state index contributed by atoms with van der Waals surface area (Å²) in [6.07, 6.45) is 1.87. The van der Waals surface area contributed by atoms with Gasteiger partial charge in [0.1, 0.15) is 5.69 Å². The minimum Gasteiger partial charge on any atom is -0.291 e. The zero-order valence-electron chi connectivity index (χ0n) is 11.6. The second-order valence-corrected chi connectivity index (χ2v) is 5.54. The number of carbonyl (C=O) groups is 1. The summed E-state index contributed by atoms with van der Waals surface area (Å²) in [5.41, 5.74) is 8.14. The molecule has 0 aromatic heterocycles. The quantitative estimate of drug-likeness (QED) is 0.698. The van der Waals surface area contributed by atoms with E-state index in [0.717, 1.165) is 30.9 Å². The Morgan fingerprint density at radius 2 is 1.90 bits per heavy atom. The van der Waals surface area contributed by atoms with Crippen LogP contribution in [-0.2, 0) is 0 Å². The Labute approximate surface area is 128 Å². The fourth-order valence-corrected chi connectivity index (χ4v) is 2.81. The van der Waals surface area contributed by atoms with Gasteiger partial charge in [-0.1, -0.05) is 41.9 Å². The zero-order chi connectivity index (χ0) is 14.8. The summed E-state index contributed by atoms with van der Waals surface area (Å²) in [7, 11) is 0. The predicted molar refractivity (Wildman–Crippen MR) is 84.5 cm³/mol. The van der Waals surface area contributed by atoms with Crippen LogP contribution in [0.3, 0.4) is 0 Å². The SMILES string of the molecule is NC1=[N+](c2ccc(Cl)cc2C(=O)c2ccccc2)CCC1. The van der Waals surface area contributed by atoms with E-state index >= 15 is 0 Å². The van der Waals surface area contributed by atoms with Gasteiger partial charge in [0, 0.05) is 10.6 Å². The maximum atomic E-state index is 12.7. The lowest BCUT2D eigenvalue weighted by molar-refractivity contribution is -0.432. The molecule has 0 bridgehead atoms. The van der Waals surface area contributed by atoms with E-state index in [9.17, 15) is 4.79 Å². The van der Waals surface area contributed by atoms with Crippen LogP contribution in [0.15, 0.2) is 48.5 Å². The van der Waals surface area contributed by atoms with Crippen molar-refractivity contribution in [3.05, 3.63) is 64.7 Å². The number of ketones is 1. The third kappa shape index (κ3) is 2.69. The average molecular weight is 300 g/mol. The molecule has 0 amide bonds. The summed E-state index contributed by atoms with van der Waals surface area (Å²) in [5, 5.41) is 0.552. The maximum Gasteiger partial charge on any atom is 0.247 e. The molecular formula is C17H16ClN2O+. The molecule has 0 fully saturated rings. The van der Waals surface area contributed by atoms with Crippen LogP contribution in [0.25, 0.3) is 0 Å². The van der Waals surface area contributed by atoms with Gasteiger partial charge < -0.3 is 0 Å². The van der Waals surface area contributed by atoms with Gasteiger partial charge in [0.2, 0.25) is 5.84 Å². The largest absolute Gasteiger partial charge is 0.291 e. The van der Waals surface area contributed by atoms with Crippen molar-refractivity contribution in [3.63, 3.8) is 0 Å². The van der Waals surface area contributed by atoms with Crippen LogP contribution in [0.4, 0.5) is 5.69 Å². The molecule has 2 aromatic rings. The Morgan fingerprint density at radius 3 is 2.57 bits per heavy atom. The molecule has 2 aromatic carbocycles. The van der Waals surface area contributed by atoms with Crippen LogP contribution in [0, 0.1) is 0 Å². The van der Waals surface area contributed by atoms with Crippen molar-refractivity contribution < 1.29 is 9.37 Å². The molecule has 2 N–H and O–H groups in total. The van der Waals surface area contributed by atoms with Crippen molar-refractivity contribution in [1.29, 1.82) is 0 Å². The first kappa shape index (κ1) is 13.8. The maximum absolute atomic E-state index is 12.7. The molecule has 0 saturated heterocycles. The highest BCUT2D eigenvalue weighted by atomic mass is 35.5. The van der Waals surface area contributed by atoms with E-state index in [1.165, 1.54) is 0 Å². The summed E-state index contributed by atoms with van der Waals surface area (Å²) < 4.78 is 2.01. The number of halogens is 1. The first-order chi connectivity index (χ1) is 10.2. The fourth-order valence-electron chi connectivity index (χ4n) is 2.64. The molecule has 21 heavy (non-hydrogen) atoms. The van der Waals surface area contributed by atoms with Gasteiger partial charge in [0.25, 0.3) is 0 Å². The number of rotatable bonds is 3. The smallest absolute Gasteiger partial charge is 0.247 e. The molecule has 0 spiro atoms. The van der Waals surface area contributed by atoms with Crippen molar-refractivity contribution in [2.24, 2.45) is 5.73 Å². The van der Waals surface area contributed by atoms with Crippen molar-refractivity contribution in [2.75, 3.05) is 6.54 Å². The Balaban J connectivity index is 2.12. The topological polar surface area (TPSA) is 46.1 Å². The molecule has 0 unspecified atom stereocenters. The minimum atomic E-state index is -0.0344. The van der Waals surface area contributed by atoms with Gasteiger partial charge in [0.05, 0.1) is 18.5 Å². The van der Waals surface area contributed by atoms with Crippen LogP contribution in [-0.4, -0.2) is 22.7 Å². The summed E-state index contributed by atoms with van der Waals surface area (Å²) in [6.45, 7) is 0.836. The van der Waals surface area contributed by atoms with E-state index < -0.39 is 0 Å². The van der Waals surface area contributed by atoms with Crippen LogP contribution >= 0.6 is 11.6 Å². The lowest BCUT2D eigenvalue weighted by Crippen LogP contribution is -2.20. The Bertz CT molecular complexity index is 723. The second-order valence-electron chi connectivity index (χ2n) is 5.10. The van der Waals surface area contributed by atoms with Gasteiger partial charge in [0.15, 0.2) is 5.78 Å². The van der Waals surface area contributed by atoms with Crippen LogP contribution in [0.1, 0.15) is 28.8 Å². The van der Waals surface area contributed by atoms with Crippen LogP contribution < -0.4 is 5.73 Å². The van der Waals surface area contributed by atoms with Crippen molar-refractivity contribution in [3.8, 4) is 0 Å². The van der Waals surface area contributed by atoms with E-state index in [0.29, 0.717) is 16.1 Å². The number of benzene rings is 2. The third-order valence-corrected chi connectivity index (χ3v) is 3.93. The van der Waals surface area contributed by atoms with E-state index in [1.807, 2.05) is 41.0 Å². The fraction of sp³-hybridized carbons (Fsp3) is 0.176. The number of hydrogen-bond donors (Lipinski definition) is 1. The Kier molecular flexibility index (Phi) is 3.76. The summed E-state index contributed by atoms with van der Waals surface area (Å²) in [5.74, 6) is 0.771. The highest BCUT2D eigenvalue weighted by Gasteiger charge is 2.24. The lowest BCUT2D eigenvalue weighted by Gasteiger charge is -2.10. The molecule has 0 aliphatic carbocycles. The Hall–Kier alpha value is -2.13. The molecule has 1 aliphatic rings. The molecule has 106 valence electrons. The van der Waals surface area contributed by atoms with Crippen LogP contribution in [0.5, 0.6) is 0 Å². The summed E-state index contributed by atoms with van der Waals surface area (Å²) in [4.78, 5) is 12.7. The first-order valence-electron chi connectivity index (χ1n) is 6.95. The van der Waals surface area contributed by atoms with Gasteiger partial charge in [-0.3, -0.25) is 10.5 Å². The molecule has 1 heterocycles. The van der Waals surface area contributed by atoms with Gasteiger partial charge in [-0.2, -0.15) is 0 Å².